The Balaban J connectivity index is 2.44. The molecule has 1 heterocycles. The molecule has 0 saturated heterocycles. The van der Waals surface area contributed by atoms with Crippen LogP contribution in [-0.4, -0.2) is 15.4 Å². The van der Waals surface area contributed by atoms with E-state index in [1.54, 1.807) is 5.38 Å². The predicted octanol–water partition coefficient (Wildman–Crippen LogP) is 2.55. The van der Waals surface area contributed by atoms with Crippen molar-refractivity contribution in [2.75, 3.05) is 0 Å². The summed E-state index contributed by atoms with van der Waals surface area (Å²) in [6.45, 7) is 6.37. The molecule has 4 heteroatoms. The Labute approximate surface area is 82.3 Å². The molecule has 1 aromatic heterocycles. The van der Waals surface area contributed by atoms with Crippen LogP contribution in [-0.2, 0) is 0 Å². The highest BCUT2D eigenvalue weighted by molar-refractivity contribution is 7.03. The van der Waals surface area contributed by atoms with Crippen molar-refractivity contribution in [1.82, 2.24) is 9.59 Å². The van der Waals surface area contributed by atoms with Crippen molar-refractivity contribution in [3.63, 3.8) is 0 Å². The molecule has 0 atom stereocenters. The Bertz CT molecular complexity index is 274. The highest BCUT2D eigenvalue weighted by Gasteiger charge is 2.15. The molecule has 0 amide bonds. The van der Waals surface area contributed by atoms with Crippen molar-refractivity contribution < 1.29 is 4.79 Å². The molecule has 0 bridgehead atoms. The number of rotatable bonds is 3. The van der Waals surface area contributed by atoms with Crippen LogP contribution in [0, 0.1) is 5.41 Å². The zero-order valence-electron chi connectivity index (χ0n) is 8.20. The number of aromatic nitrogens is 2. The van der Waals surface area contributed by atoms with Gasteiger partial charge in [0.1, 0.15) is 5.69 Å². The maximum Gasteiger partial charge on any atom is 0.184 e. The summed E-state index contributed by atoms with van der Waals surface area (Å²) in [7, 11) is 0. The number of hydrogen-bond donors (Lipinski definition) is 0. The van der Waals surface area contributed by atoms with Crippen LogP contribution in [0.2, 0.25) is 0 Å². The van der Waals surface area contributed by atoms with E-state index in [0.717, 1.165) is 6.42 Å². The number of nitrogens with zero attached hydrogens (tertiary/aromatic N) is 2. The highest BCUT2D eigenvalue weighted by atomic mass is 32.1. The van der Waals surface area contributed by atoms with Crippen LogP contribution < -0.4 is 0 Å². The second kappa shape index (κ2) is 3.96. The third-order valence-electron chi connectivity index (χ3n) is 1.75. The van der Waals surface area contributed by atoms with Gasteiger partial charge in [0.05, 0.1) is 0 Å². The normalized spacial score (nSPS) is 11.6. The van der Waals surface area contributed by atoms with Crippen molar-refractivity contribution in [3.05, 3.63) is 11.1 Å². The van der Waals surface area contributed by atoms with Crippen molar-refractivity contribution in [2.24, 2.45) is 5.41 Å². The van der Waals surface area contributed by atoms with Gasteiger partial charge in [-0.3, -0.25) is 4.79 Å². The van der Waals surface area contributed by atoms with E-state index in [2.05, 4.69) is 30.4 Å². The molecule has 0 aromatic carbocycles. The molecule has 72 valence electrons. The summed E-state index contributed by atoms with van der Waals surface area (Å²) in [5, 5.41) is 5.44. The minimum absolute atomic E-state index is 0.101. The number of ketones is 1. The maximum absolute atomic E-state index is 11.5. The fourth-order valence-corrected chi connectivity index (χ4v) is 1.36. The lowest BCUT2D eigenvalue weighted by Crippen LogP contribution is -2.09. The summed E-state index contributed by atoms with van der Waals surface area (Å²) in [5.74, 6) is 0.101. The molecule has 0 fully saturated rings. The summed E-state index contributed by atoms with van der Waals surface area (Å²) < 4.78 is 3.66. The van der Waals surface area contributed by atoms with E-state index >= 15 is 0 Å². The third-order valence-corrected chi connectivity index (χ3v) is 2.25. The molecule has 0 aliphatic carbocycles. The first kappa shape index (κ1) is 10.3. The van der Waals surface area contributed by atoms with Gasteiger partial charge >= 0.3 is 0 Å². The lowest BCUT2D eigenvalue weighted by Gasteiger charge is -2.16. The van der Waals surface area contributed by atoms with E-state index in [0.29, 0.717) is 12.1 Å². The van der Waals surface area contributed by atoms with Crippen LogP contribution in [0.4, 0.5) is 0 Å². The van der Waals surface area contributed by atoms with Crippen LogP contribution in [0.5, 0.6) is 0 Å². The van der Waals surface area contributed by atoms with Crippen LogP contribution in [0.15, 0.2) is 5.38 Å². The summed E-state index contributed by atoms with van der Waals surface area (Å²) in [5.41, 5.74) is 0.716. The maximum atomic E-state index is 11.5. The first-order valence-electron chi connectivity index (χ1n) is 4.29. The topological polar surface area (TPSA) is 42.9 Å². The SMILES string of the molecule is CC(C)(C)CCC(=O)c1csnn1. The van der Waals surface area contributed by atoms with Crippen molar-refractivity contribution in [2.45, 2.75) is 33.6 Å². The molecular formula is C9H14N2OS. The summed E-state index contributed by atoms with van der Waals surface area (Å²) in [6.07, 6.45) is 1.46. The smallest absolute Gasteiger partial charge is 0.184 e. The van der Waals surface area contributed by atoms with Gasteiger partial charge in [0.25, 0.3) is 0 Å². The summed E-state index contributed by atoms with van der Waals surface area (Å²) >= 11 is 1.22. The minimum atomic E-state index is 0.101. The lowest BCUT2D eigenvalue weighted by atomic mass is 9.89. The molecule has 3 nitrogen and oxygen atoms in total. The molecule has 1 aromatic rings. The van der Waals surface area contributed by atoms with Gasteiger partial charge in [-0.25, -0.2) is 0 Å². The van der Waals surface area contributed by atoms with Crippen molar-refractivity contribution in [1.29, 1.82) is 0 Å². The molecule has 1 rings (SSSR count). The zero-order valence-corrected chi connectivity index (χ0v) is 9.02. The van der Waals surface area contributed by atoms with Crippen LogP contribution in [0.3, 0.4) is 0 Å². The number of hydrogen-bond acceptors (Lipinski definition) is 4. The van der Waals surface area contributed by atoms with Gasteiger partial charge in [-0.05, 0) is 23.4 Å². The van der Waals surface area contributed by atoms with E-state index in [9.17, 15) is 4.79 Å². The Hall–Kier alpha value is -0.770. The van der Waals surface area contributed by atoms with E-state index < -0.39 is 0 Å². The fourth-order valence-electron chi connectivity index (χ4n) is 0.903. The Kier molecular flexibility index (Phi) is 3.14. The van der Waals surface area contributed by atoms with Gasteiger partial charge < -0.3 is 0 Å². The van der Waals surface area contributed by atoms with Crippen molar-refractivity contribution in [3.8, 4) is 0 Å². The highest BCUT2D eigenvalue weighted by Crippen LogP contribution is 2.21. The molecule has 0 saturated carbocycles. The van der Waals surface area contributed by atoms with Gasteiger partial charge in [0.2, 0.25) is 0 Å². The lowest BCUT2D eigenvalue weighted by molar-refractivity contribution is 0.0961. The molecule has 0 unspecified atom stereocenters. The molecule has 0 radical (unpaired) electrons. The van der Waals surface area contributed by atoms with Crippen LogP contribution >= 0.6 is 11.5 Å². The number of carbonyl (C=O) groups excluding carboxylic acids is 1. The number of Topliss-reactive ketones (excluding diaryl/α,β-unsaturated/α-hetero) is 1. The standard InChI is InChI=1S/C9H14N2OS/c1-9(2,3)5-4-8(12)7-6-13-11-10-7/h6H,4-5H2,1-3H3. The average Bonchev–Trinajstić information content (AvgIpc) is 2.50. The van der Waals surface area contributed by atoms with Gasteiger partial charge in [0, 0.05) is 11.8 Å². The van der Waals surface area contributed by atoms with Gasteiger partial charge in [-0.15, -0.1) is 5.10 Å². The molecule has 0 aliphatic rings. The summed E-state index contributed by atoms with van der Waals surface area (Å²) in [4.78, 5) is 11.5. The average molecular weight is 198 g/mol. The Morgan fingerprint density at radius 3 is 2.69 bits per heavy atom. The van der Waals surface area contributed by atoms with Crippen LogP contribution in [0.25, 0.3) is 0 Å². The Morgan fingerprint density at radius 2 is 2.23 bits per heavy atom. The molecule has 0 spiro atoms. The van der Waals surface area contributed by atoms with E-state index in [1.165, 1.54) is 11.5 Å². The first-order valence-corrected chi connectivity index (χ1v) is 5.13. The summed E-state index contributed by atoms with van der Waals surface area (Å²) in [6, 6.07) is 0. The molecule has 0 aliphatic heterocycles. The van der Waals surface area contributed by atoms with E-state index in [-0.39, 0.29) is 11.2 Å². The third kappa shape index (κ3) is 3.63. The monoisotopic (exact) mass is 198 g/mol. The van der Waals surface area contributed by atoms with E-state index in [4.69, 9.17) is 0 Å². The van der Waals surface area contributed by atoms with Gasteiger partial charge in [-0.2, -0.15) is 0 Å². The van der Waals surface area contributed by atoms with E-state index in [1.807, 2.05) is 0 Å². The molecular weight excluding hydrogens is 184 g/mol. The fraction of sp³-hybridized carbons (Fsp3) is 0.667. The van der Waals surface area contributed by atoms with Crippen molar-refractivity contribution >= 4 is 17.3 Å². The largest absolute Gasteiger partial charge is 0.292 e. The molecule has 0 N–H and O–H groups in total. The zero-order chi connectivity index (χ0) is 9.90. The second-order valence-electron chi connectivity index (χ2n) is 4.27. The first-order chi connectivity index (χ1) is 5.99. The molecule has 13 heavy (non-hydrogen) atoms. The van der Waals surface area contributed by atoms with Gasteiger partial charge in [0.15, 0.2) is 5.78 Å². The second-order valence-corrected chi connectivity index (χ2v) is 4.88. The quantitative estimate of drug-likeness (QED) is 0.701. The van der Waals surface area contributed by atoms with Gasteiger partial charge in [-0.1, -0.05) is 25.3 Å². The van der Waals surface area contributed by atoms with Crippen LogP contribution in [0.1, 0.15) is 44.1 Å². The minimum Gasteiger partial charge on any atom is -0.292 e. The Morgan fingerprint density at radius 1 is 1.54 bits per heavy atom. The predicted molar refractivity (Wildman–Crippen MR) is 52.9 cm³/mol. The number of carbonyl (C=O) groups is 1.